The van der Waals surface area contributed by atoms with Crippen LogP contribution in [0.15, 0.2) is 73.1 Å². The highest BCUT2D eigenvalue weighted by Crippen LogP contribution is 2.39. The van der Waals surface area contributed by atoms with Crippen LogP contribution < -0.4 is 10.6 Å². The van der Waals surface area contributed by atoms with Crippen molar-refractivity contribution in [3.05, 3.63) is 95.3 Å². The van der Waals surface area contributed by atoms with Gasteiger partial charge in [0.15, 0.2) is 0 Å². The highest BCUT2D eigenvalue weighted by molar-refractivity contribution is 6.05. The van der Waals surface area contributed by atoms with Gasteiger partial charge >= 0.3 is 12.4 Å². The second-order valence-corrected chi connectivity index (χ2v) is 10.3. The van der Waals surface area contributed by atoms with Crippen LogP contribution in [0.3, 0.4) is 0 Å². The highest BCUT2D eigenvalue weighted by Gasteiger charge is 2.39. The van der Waals surface area contributed by atoms with Gasteiger partial charge in [0.25, 0.3) is 0 Å². The summed E-state index contributed by atoms with van der Waals surface area (Å²) in [5.41, 5.74) is 2.04. The van der Waals surface area contributed by atoms with Gasteiger partial charge in [0.05, 0.1) is 23.0 Å². The zero-order valence-corrected chi connectivity index (χ0v) is 22.1. The van der Waals surface area contributed by atoms with Gasteiger partial charge in [-0.05, 0) is 61.4 Å². The van der Waals surface area contributed by atoms with Crippen molar-refractivity contribution in [1.29, 1.82) is 0 Å². The van der Waals surface area contributed by atoms with Crippen molar-refractivity contribution in [1.82, 2.24) is 9.97 Å². The van der Waals surface area contributed by atoms with Crippen LogP contribution in [-0.2, 0) is 33.8 Å². The van der Waals surface area contributed by atoms with Gasteiger partial charge in [-0.25, -0.2) is 9.97 Å². The SMILES string of the molecule is CC1(C)C(=O)Nc2ncc(-c3ccc(C(F)(F)F)cc3)cc21.O=C1Cc2cc(-c3ccc(C(F)(F)F)cc3)cnc2N1. The Balaban J connectivity index is 0.000000169. The number of rotatable bonds is 2. The molecule has 6 rings (SSSR count). The summed E-state index contributed by atoms with van der Waals surface area (Å²) in [5, 5.41) is 5.30. The van der Waals surface area contributed by atoms with E-state index < -0.39 is 28.9 Å². The number of pyridine rings is 2. The molecule has 2 aromatic carbocycles. The van der Waals surface area contributed by atoms with Gasteiger partial charge in [-0.15, -0.1) is 0 Å². The van der Waals surface area contributed by atoms with Crippen LogP contribution in [-0.4, -0.2) is 21.8 Å². The molecule has 0 bridgehead atoms. The summed E-state index contributed by atoms with van der Waals surface area (Å²) >= 11 is 0. The number of amides is 2. The number of anilines is 2. The predicted molar refractivity (Wildman–Crippen MR) is 143 cm³/mol. The molecule has 2 N–H and O–H groups in total. The van der Waals surface area contributed by atoms with E-state index in [1.165, 1.54) is 30.5 Å². The Morgan fingerprint density at radius 3 is 1.64 bits per heavy atom. The van der Waals surface area contributed by atoms with E-state index in [-0.39, 0.29) is 18.2 Å². The largest absolute Gasteiger partial charge is 0.416 e. The third-order valence-corrected chi connectivity index (χ3v) is 7.03. The quantitative estimate of drug-likeness (QED) is 0.243. The normalized spacial score (nSPS) is 15.2. The number of benzene rings is 2. The van der Waals surface area contributed by atoms with Gasteiger partial charge in [0.1, 0.15) is 11.6 Å². The molecule has 0 aliphatic carbocycles. The molecule has 2 aliphatic rings. The Hall–Kier alpha value is -4.74. The third-order valence-electron chi connectivity index (χ3n) is 7.03. The zero-order chi connectivity index (χ0) is 30.4. The summed E-state index contributed by atoms with van der Waals surface area (Å²) in [6.07, 6.45) is -5.37. The average molecular weight is 585 g/mol. The molecule has 0 unspecified atom stereocenters. The molecule has 0 fully saturated rings. The smallest absolute Gasteiger partial charge is 0.310 e. The van der Waals surface area contributed by atoms with Gasteiger partial charge in [0.2, 0.25) is 11.8 Å². The van der Waals surface area contributed by atoms with Crippen molar-refractivity contribution in [2.75, 3.05) is 10.6 Å². The van der Waals surface area contributed by atoms with Crippen LogP contribution in [0.1, 0.15) is 36.1 Å². The fourth-order valence-corrected chi connectivity index (χ4v) is 4.55. The Bertz CT molecular complexity index is 1680. The Labute approximate surface area is 235 Å². The molecule has 42 heavy (non-hydrogen) atoms. The van der Waals surface area contributed by atoms with E-state index >= 15 is 0 Å². The summed E-state index contributed by atoms with van der Waals surface area (Å²) < 4.78 is 75.2. The van der Waals surface area contributed by atoms with Crippen LogP contribution in [0.2, 0.25) is 0 Å². The maximum absolute atomic E-state index is 12.6. The van der Waals surface area contributed by atoms with E-state index in [9.17, 15) is 35.9 Å². The summed E-state index contributed by atoms with van der Waals surface area (Å²) in [4.78, 5) is 31.4. The van der Waals surface area contributed by atoms with E-state index in [0.29, 0.717) is 33.9 Å². The van der Waals surface area contributed by atoms with Crippen molar-refractivity contribution in [2.45, 2.75) is 38.0 Å². The number of alkyl halides is 6. The lowest BCUT2D eigenvalue weighted by Gasteiger charge is -2.15. The van der Waals surface area contributed by atoms with Crippen molar-refractivity contribution in [3.63, 3.8) is 0 Å². The molecule has 2 amide bonds. The molecule has 12 heteroatoms. The molecule has 2 aliphatic heterocycles. The maximum atomic E-state index is 12.6. The molecule has 4 aromatic rings. The molecule has 0 radical (unpaired) electrons. The van der Waals surface area contributed by atoms with Gasteiger partial charge in [-0.1, -0.05) is 24.3 Å². The van der Waals surface area contributed by atoms with Crippen molar-refractivity contribution in [3.8, 4) is 22.3 Å². The number of hydrogen-bond donors (Lipinski definition) is 2. The van der Waals surface area contributed by atoms with E-state index in [4.69, 9.17) is 0 Å². The molecule has 2 aromatic heterocycles. The van der Waals surface area contributed by atoms with Gasteiger partial charge < -0.3 is 10.6 Å². The number of carbonyl (C=O) groups is 2. The highest BCUT2D eigenvalue weighted by atomic mass is 19.4. The second-order valence-electron chi connectivity index (χ2n) is 10.3. The van der Waals surface area contributed by atoms with Crippen LogP contribution >= 0.6 is 0 Å². The number of nitrogens with one attached hydrogen (secondary N) is 2. The van der Waals surface area contributed by atoms with Crippen LogP contribution in [0.4, 0.5) is 38.0 Å². The second kappa shape index (κ2) is 10.3. The summed E-state index contributed by atoms with van der Waals surface area (Å²) in [5.74, 6) is 0.757. The fraction of sp³-hybridized carbons (Fsp3) is 0.200. The number of aromatic nitrogens is 2. The molecule has 0 saturated heterocycles. The standard InChI is InChI=1S/C16H13F3N2O.C14H9F3N2O/c1-15(2)12-7-10(8-20-13(12)21-14(15)22)9-3-5-11(6-4-9)16(17,18)19;15-14(16,17)11-3-1-8(2-4-11)10-5-9-6-12(20)19-13(9)18-7-10/h3-8H,1-2H3,(H,20,21,22);1-5,7H,6H2,(H,18,19,20). The van der Waals surface area contributed by atoms with Crippen LogP contribution in [0, 0.1) is 0 Å². The first kappa shape index (κ1) is 28.8. The van der Waals surface area contributed by atoms with Gasteiger partial charge in [0, 0.05) is 34.6 Å². The Kier molecular flexibility index (Phi) is 7.04. The monoisotopic (exact) mass is 584 g/mol. The van der Waals surface area contributed by atoms with Crippen LogP contribution in [0.5, 0.6) is 0 Å². The molecule has 216 valence electrons. The first-order chi connectivity index (χ1) is 19.6. The van der Waals surface area contributed by atoms with E-state index in [2.05, 4.69) is 20.6 Å². The van der Waals surface area contributed by atoms with Gasteiger partial charge in [-0.2, -0.15) is 26.3 Å². The lowest BCUT2D eigenvalue weighted by Crippen LogP contribution is -2.26. The minimum Gasteiger partial charge on any atom is -0.310 e. The Morgan fingerprint density at radius 1 is 0.667 bits per heavy atom. The molecule has 0 spiro atoms. The first-order valence-electron chi connectivity index (χ1n) is 12.6. The molecule has 4 heterocycles. The summed E-state index contributed by atoms with van der Waals surface area (Å²) in [6, 6.07) is 13.3. The molecular weight excluding hydrogens is 562 g/mol. The number of carbonyl (C=O) groups excluding carboxylic acids is 2. The molecule has 6 nitrogen and oxygen atoms in total. The first-order valence-corrected chi connectivity index (χ1v) is 12.6. The molecule has 0 atom stereocenters. The molecular formula is C30H22F6N4O2. The summed E-state index contributed by atoms with van der Waals surface area (Å²) in [7, 11) is 0. The third kappa shape index (κ3) is 5.69. The lowest BCUT2D eigenvalue weighted by atomic mass is 9.86. The maximum Gasteiger partial charge on any atom is 0.416 e. The number of nitrogens with zero attached hydrogens (tertiary/aromatic N) is 2. The number of hydrogen-bond acceptors (Lipinski definition) is 4. The predicted octanol–water partition coefficient (Wildman–Crippen LogP) is 7.26. The average Bonchev–Trinajstić information content (AvgIpc) is 3.42. The van der Waals surface area contributed by atoms with Crippen molar-refractivity contribution >= 4 is 23.5 Å². The van der Waals surface area contributed by atoms with E-state index in [1.54, 1.807) is 32.2 Å². The Morgan fingerprint density at radius 2 is 1.14 bits per heavy atom. The van der Waals surface area contributed by atoms with E-state index in [1.807, 2.05) is 0 Å². The van der Waals surface area contributed by atoms with Gasteiger partial charge in [-0.3, -0.25) is 9.59 Å². The van der Waals surface area contributed by atoms with E-state index in [0.717, 1.165) is 35.4 Å². The fourth-order valence-electron chi connectivity index (χ4n) is 4.55. The van der Waals surface area contributed by atoms with Crippen molar-refractivity contribution in [2.24, 2.45) is 0 Å². The topological polar surface area (TPSA) is 84.0 Å². The molecule has 0 saturated carbocycles. The number of halogens is 6. The number of fused-ring (bicyclic) bond motifs is 2. The minimum absolute atomic E-state index is 0.128. The van der Waals surface area contributed by atoms with Crippen LogP contribution in [0.25, 0.3) is 22.3 Å². The lowest BCUT2D eigenvalue weighted by molar-refractivity contribution is -0.138. The zero-order valence-electron chi connectivity index (χ0n) is 22.1. The minimum atomic E-state index is -4.35. The van der Waals surface area contributed by atoms with Crippen molar-refractivity contribution < 1.29 is 35.9 Å². The summed E-state index contributed by atoms with van der Waals surface area (Å²) in [6.45, 7) is 3.57.